The Morgan fingerprint density at radius 2 is 2.04 bits per heavy atom. The van der Waals surface area contributed by atoms with Crippen molar-refractivity contribution in [1.29, 1.82) is 5.26 Å². The Bertz CT molecular complexity index is 1020. The van der Waals surface area contributed by atoms with Gasteiger partial charge in [0.05, 0.1) is 37.3 Å². The van der Waals surface area contributed by atoms with Gasteiger partial charge in [-0.3, -0.25) is 4.79 Å². The molecule has 0 aliphatic carbocycles. The second kappa shape index (κ2) is 8.15. The largest absolute Gasteiger partial charge is 0.497 e. The number of hydrogen-bond donors (Lipinski definition) is 0. The van der Waals surface area contributed by atoms with Gasteiger partial charge in [-0.05, 0) is 35.4 Å². The molecule has 7 heteroatoms. The number of methoxy groups -OCH3 is 1. The standard InChI is InChI=1S/C21H18N4O2.ClH/c1-27-19-7-5-15(6-8-19)12-24-13-18-11-23-14-25(18)20(21(24)26)17-4-2-3-16(9-17)10-22;/h2-9,11,14,20H,12-13H2,1H3;1H. The van der Waals surface area contributed by atoms with Crippen LogP contribution in [0.5, 0.6) is 5.75 Å². The number of aromatic nitrogens is 2. The van der Waals surface area contributed by atoms with Gasteiger partial charge in [-0.15, -0.1) is 12.4 Å². The van der Waals surface area contributed by atoms with E-state index in [0.717, 1.165) is 22.6 Å². The minimum absolute atomic E-state index is 0. The van der Waals surface area contributed by atoms with E-state index in [2.05, 4.69) is 11.1 Å². The smallest absolute Gasteiger partial charge is 0.250 e. The molecule has 1 aliphatic heterocycles. The highest BCUT2D eigenvalue weighted by molar-refractivity contribution is 5.85. The van der Waals surface area contributed by atoms with Gasteiger partial charge in [-0.1, -0.05) is 24.3 Å². The van der Waals surface area contributed by atoms with Crippen molar-refractivity contribution in [2.75, 3.05) is 7.11 Å². The first-order chi connectivity index (χ1) is 13.2. The number of nitriles is 1. The van der Waals surface area contributed by atoms with Crippen LogP contribution in [-0.2, 0) is 17.9 Å². The molecule has 142 valence electrons. The number of fused-ring (bicyclic) bond motifs is 1. The second-order valence-electron chi connectivity index (χ2n) is 6.47. The number of amides is 1. The highest BCUT2D eigenvalue weighted by Gasteiger charge is 2.34. The number of carbonyl (C=O) groups is 1. The molecule has 4 rings (SSSR count). The van der Waals surface area contributed by atoms with Gasteiger partial charge in [-0.25, -0.2) is 4.98 Å². The number of imidazole rings is 1. The molecule has 1 atom stereocenters. The van der Waals surface area contributed by atoms with Crippen molar-refractivity contribution in [3.8, 4) is 11.8 Å². The summed E-state index contributed by atoms with van der Waals surface area (Å²) in [4.78, 5) is 19.3. The lowest BCUT2D eigenvalue weighted by Crippen LogP contribution is -2.42. The molecule has 0 radical (unpaired) electrons. The molecule has 1 unspecified atom stereocenters. The van der Waals surface area contributed by atoms with Gasteiger partial charge in [0.1, 0.15) is 11.8 Å². The zero-order chi connectivity index (χ0) is 18.8. The molecule has 0 N–H and O–H groups in total. The van der Waals surface area contributed by atoms with Crippen LogP contribution in [0.15, 0.2) is 61.1 Å². The Morgan fingerprint density at radius 1 is 1.25 bits per heavy atom. The van der Waals surface area contributed by atoms with Gasteiger partial charge in [-0.2, -0.15) is 5.26 Å². The summed E-state index contributed by atoms with van der Waals surface area (Å²) < 4.78 is 7.09. The third kappa shape index (κ3) is 3.57. The molecule has 1 amide bonds. The lowest BCUT2D eigenvalue weighted by atomic mass is 10.00. The van der Waals surface area contributed by atoms with Gasteiger partial charge in [0.25, 0.3) is 5.91 Å². The maximum Gasteiger partial charge on any atom is 0.250 e. The van der Waals surface area contributed by atoms with Gasteiger partial charge < -0.3 is 14.2 Å². The number of benzene rings is 2. The minimum atomic E-state index is -0.511. The molecule has 0 spiro atoms. The first-order valence-corrected chi connectivity index (χ1v) is 8.62. The molecule has 2 aromatic carbocycles. The van der Waals surface area contributed by atoms with E-state index >= 15 is 0 Å². The zero-order valence-corrected chi connectivity index (χ0v) is 16.1. The molecule has 1 aliphatic rings. The van der Waals surface area contributed by atoms with E-state index in [4.69, 9.17) is 4.74 Å². The van der Waals surface area contributed by atoms with Crippen molar-refractivity contribution in [2.24, 2.45) is 0 Å². The summed E-state index contributed by atoms with van der Waals surface area (Å²) in [7, 11) is 1.63. The molecule has 2 heterocycles. The normalized spacial score (nSPS) is 15.4. The lowest BCUT2D eigenvalue weighted by Gasteiger charge is -2.34. The monoisotopic (exact) mass is 394 g/mol. The minimum Gasteiger partial charge on any atom is -0.497 e. The Morgan fingerprint density at radius 3 is 2.75 bits per heavy atom. The summed E-state index contributed by atoms with van der Waals surface area (Å²) in [5.74, 6) is 0.777. The molecule has 28 heavy (non-hydrogen) atoms. The Kier molecular flexibility index (Phi) is 5.67. The zero-order valence-electron chi connectivity index (χ0n) is 15.3. The van der Waals surface area contributed by atoms with Crippen LogP contribution in [0, 0.1) is 11.3 Å². The second-order valence-corrected chi connectivity index (χ2v) is 6.47. The van der Waals surface area contributed by atoms with Crippen LogP contribution in [0.4, 0.5) is 0 Å². The summed E-state index contributed by atoms with van der Waals surface area (Å²) >= 11 is 0. The number of carbonyl (C=O) groups excluding carboxylic acids is 1. The molecule has 1 aromatic heterocycles. The first kappa shape index (κ1) is 19.5. The Labute approximate surface area is 169 Å². The van der Waals surface area contributed by atoms with E-state index in [1.54, 1.807) is 37.8 Å². The third-order valence-electron chi connectivity index (χ3n) is 4.79. The summed E-state index contributed by atoms with van der Waals surface area (Å²) in [5, 5.41) is 9.20. The fourth-order valence-corrected chi connectivity index (χ4v) is 3.42. The van der Waals surface area contributed by atoms with Crippen molar-refractivity contribution >= 4 is 18.3 Å². The van der Waals surface area contributed by atoms with E-state index in [1.807, 2.05) is 39.8 Å². The molecular formula is C21H19ClN4O2. The Hall–Kier alpha value is -3.30. The van der Waals surface area contributed by atoms with E-state index in [-0.39, 0.29) is 18.3 Å². The number of ether oxygens (including phenoxy) is 1. The van der Waals surface area contributed by atoms with Crippen LogP contribution in [0.25, 0.3) is 0 Å². The maximum atomic E-state index is 13.3. The summed E-state index contributed by atoms with van der Waals surface area (Å²) in [6.07, 6.45) is 3.47. The quantitative estimate of drug-likeness (QED) is 0.680. The van der Waals surface area contributed by atoms with E-state index in [0.29, 0.717) is 18.7 Å². The lowest BCUT2D eigenvalue weighted by molar-refractivity contribution is -0.136. The van der Waals surface area contributed by atoms with Crippen molar-refractivity contribution in [3.05, 3.63) is 83.4 Å². The topological polar surface area (TPSA) is 71.2 Å². The van der Waals surface area contributed by atoms with Crippen molar-refractivity contribution in [2.45, 2.75) is 19.1 Å². The molecular weight excluding hydrogens is 376 g/mol. The van der Waals surface area contributed by atoms with Crippen LogP contribution in [0.1, 0.15) is 28.4 Å². The average molecular weight is 395 g/mol. The van der Waals surface area contributed by atoms with Gasteiger partial charge in [0.15, 0.2) is 0 Å². The fourth-order valence-electron chi connectivity index (χ4n) is 3.42. The van der Waals surface area contributed by atoms with E-state index < -0.39 is 6.04 Å². The first-order valence-electron chi connectivity index (χ1n) is 8.62. The van der Waals surface area contributed by atoms with Crippen LogP contribution in [0.2, 0.25) is 0 Å². The molecule has 3 aromatic rings. The van der Waals surface area contributed by atoms with Crippen LogP contribution >= 0.6 is 12.4 Å². The van der Waals surface area contributed by atoms with Gasteiger partial charge in [0, 0.05) is 12.7 Å². The number of rotatable bonds is 4. The maximum absolute atomic E-state index is 13.3. The molecule has 0 bridgehead atoms. The molecule has 0 saturated heterocycles. The van der Waals surface area contributed by atoms with E-state index in [1.165, 1.54) is 0 Å². The van der Waals surface area contributed by atoms with Crippen molar-refractivity contribution < 1.29 is 9.53 Å². The number of nitrogens with zero attached hydrogens (tertiary/aromatic N) is 4. The summed E-state index contributed by atoms with van der Waals surface area (Å²) in [6, 6.07) is 16.5. The highest BCUT2D eigenvalue weighted by atomic mass is 35.5. The molecule has 0 saturated carbocycles. The predicted octanol–water partition coefficient (Wildman–Crippen LogP) is 3.32. The number of halogens is 1. The third-order valence-corrected chi connectivity index (χ3v) is 4.79. The summed E-state index contributed by atoms with van der Waals surface area (Å²) in [6.45, 7) is 1.00. The van der Waals surface area contributed by atoms with Crippen LogP contribution in [-0.4, -0.2) is 27.5 Å². The highest BCUT2D eigenvalue weighted by Crippen LogP contribution is 2.30. The van der Waals surface area contributed by atoms with E-state index in [9.17, 15) is 10.1 Å². The summed E-state index contributed by atoms with van der Waals surface area (Å²) in [5.41, 5.74) is 3.32. The molecule has 0 fully saturated rings. The average Bonchev–Trinajstić information content (AvgIpc) is 3.17. The number of hydrogen-bond acceptors (Lipinski definition) is 4. The molecule has 6 nitrogen and oxygen atoms in total. The Balaban J connectivity index is 0.00000225. The van der Waals surface area contributed by atoms with Gasteiger partial charge in [0.2, 0.25) is 0 Å². The van der Waals surface area contributed by atoms with Gasteiger partial charge >= 0.3 is 0 Å². The van der Waals surface area contributed by atoms with Crippen molar-refractivity contribution in [3.63, 3.8) is 0 Å². The van der Waals surface area contributed by atoms with Crippen molar-refractivity contribution in [1.82, 2.24) is 14.5 Å². The fraction of sp³-hybridized carbons (Fsp3) is 0.190. The predicted molar refractivity (Wildman–Crippen MR) is 106 cm³/mol. The SMILES string of the molecule is COc1ccc(CN2Cc3cncn3C(c3cccc(C#N)c3)C2=O)cc1.Cl. The van der Waals surface area contributed by atoms with Crippen LogP contribution in [0.3, 0.4) is 0 Å². The van der Waals surface area contributed by atoms with Crippen LogP contribution < -0.4 is 4.74 Å².